The largest absolute Gasteiger partial charge is 0.365 e. The average Bonchev–Trinajstić information content (AvgIpc) is 2.74. The van der Waals surface area contributed by atoms with Gasteiger partial charge in [0.05, 0.1) is 4.90 Å². The van der Waals surface area contributed by atoms with Crippen molar-refractivity contribution in [3.05, 3.63) is 94.5 Å². The summed E-state index contributed by atoms with van der Waals surface area (Å²) in [5.74, 6) is 0. The second kappa shape index (κ2) is 9.43. The Morgan fingerprint density at radius 1 is 1.00 bits per heavy atom. The van der Waals surface area contributed by atoms with Crippen molar-refractivity contribution in [3.63, 3.8) is 0 Å². The predicted octanol–water partition coefficient (Wildman–Crippen LogP) is 5.20. The maximum atomic E-state index is 13.1. The number of nitrogens with zero attached hydrogens (tertiary/aromatic N) is 1. The molecule has 1 unspecified atom stereocenters. The first kappa shape index (κ1) is 21.9. The minimum absolute atomic E-state index is 0.241. The molecule has 0 spiro atoms. The van der Waals surface area contributed by atoms with Crippen LogP contribution in [0.15, 0.2) is 77.7 Å². The van der Waals surface area contributed by atoms with E-state index in [1.54, 1.807) is 12.1 Å². The summed E-state index contributed by atoms with van der Waals surface area (Å²) in [5.41, 5.74) is 4.49. The first-order valence-electron chi connectivity index (χ1n) is 10.6. The molecule has 0 radical (unpaired) electrons. The lowest BCUT2D eigenvalue weighted by Crippen LogP contribution is -2.48. The molecule has 162 valence electrons. The predicted molar refractivity (Wildman–Crippen MR) is 127 cm³/mol. The van der Waals surface area contributed by atoms with Gasteiger partial charge in [-0.15, -0.1) is 0 Å². The van der Waals surface area contributed by atoms with Crippen molar-refractivity contribution in [3.8, 4) is 0 Å². The normalized spacial score (nSPS) is 16.2. The maximum Gasteiger partial charge on any atom is 0.240 e. The zero-order valence-corrected chi connectivity index (χ0v) is 19.2. The lowest BCUT2D eigenvalue weighted by Gasteiger charge is -2.36. The third-order valence-electron chi connectivity index (χ3n) is 5.60. The van der Waals surface area contributed by atoms with E-state index in [9.17, 15) is 8.42 Å². The molecule has 0 saturated heterocycles. The Morgan fingerprint density at radius 3 is 2.45 bits per heavy atom. The highest BCUT2D eigenvalue weighted by molar-refractivity contribution is 7.89. The van der Waals surface area contributed by atoms with Gasteiger partial charge in [0.1, 0.15) is 0 Å². The van der Waals surface area contributed by atoms with Gasteiger partial charge in [0.25, 0.3) is 0 Å². The van der Waals surface area contributed by atoms with E-state index < -0.39 is 10.0 Å². The third-order valence-corrected chi connectivity index (χ3v) is 7.37. The molecule has 3 aromatic rings. The number of halogens is 1. The van der Waals surface area contributed by atoms with Gasteiger partial charge in [-0.1, -0.05) is 67.4 Å². The zero-order chi connectivity index (χ0) is 21.8. The Balaban J connectivity index is 1.57. The van der Waals surface area contributed by atoms with Gasteiger partial charge in [-0.3, -0.25) is 0 Å². The van der Waals surface area contributed by atoms with Gasteiger partial charge in [-0.2, -0.15) is 0 Å². The fourth-order valence-electron chi connectivity index (χ4n) is 4.16. The van der Waals surface area contributed by atoms with E-state index in [4.69, 9.17) is 11.6 Å². The van der Waals surface area contributed by atoms with E-state index in [1.807, 2.05) is 48.5 Å². The van der Waals surface area contributed by atoms with Crippen molar-refractivity contribution in [2.75, 3.05) is 11.4 Å². The monoisotopic (exact) mass is 454 g/mol. The number of sulfonamides is 1. The summed E-state index contributed by atoms with van der Waals surface area (Å²) in [6.45, 7) is 3.41. The first-order valence-corrected chi connectivity index (χ1v) is 12.5. The number of aryl methyl sites for hydroxylation is 1. The van der Waals surface area contributed by atoms with Crippen molar-refractivity contribution in [1.29, 1.82) is 0 Å². The topological polar surface area (TPSA) is 49.4 Å². The molecule has 0 fully saturated rings. The first-order chi connectivity index (χ1) is 14.9. The van der Waals surface area contributed by atoms with E-state index in [1.165, 1.54) is 5.56 Å². The van der Waals surface area contributed by atoms with Crippen LogP contribution in [0.1, 0.15) is 30.0 Å². The van der Waals surface area contributed by atoms with Gasteiger partial charge in [-0.05, 0) is 59.9 Å². The highest BCUT2D eigenvalue weighted by Crippen LogP contribution is 2.31. The van der Waals surface area contributed by atoms with Crippen LogP contribution in [0, 0.1) is 0 Å². The minimum atomic E-state index is -3.61. The number of nitrogens with one attached hydrogen (secondary N) is 1. The van der Waals surface area contributed by atoms with Crippen LogP contribution < -0.4 is 9.62 Å². The van der Waals surface area contributed by atoms with Crippen molar-refractivity contribution in [1.82, 2.24) is 4.72 Å². The van der Waals surface area contributed by atoms with Crippen LogP contribution in [0.3, 0.4) is 0 Å². The molecule has 1 aliphatic heterocycles. The van der Waals surface area contributed by atoms with Gasteiger partial charge < -0.3 is 4.90 Å². The van der Waals surface area contributed by atoms with Crippen LogP contribution in [0.2, 0.25) is 5.02 Å². The fraction of sp³-hybridized carbons (Fsp3) is 0.280. The van der Waals surface area contributed by atoms with Crippen molar-refractivity contribution < 1.29 is 8.42 Å². The molecule has 0 aromatic heterocycles. The standard InChI is InChI=1S/C25H27ClN2O2S/c1-2-6-19-9-12-24(13-10-19)31(29,30)27-23-16-21-15-22(26)11-14-25(21)28(18-23)17-20-7-4-3-5-8-20/h3-5,7-15,23,27H,2,6,16-18H2,1H3. The van der Waals surface area contributed by atoms with E-state index >= 15 is 0 Å². The van der Waals surface area contributed by atoms with Gasteiger partial charge in [0.2, 0.25) is 10.0 Å². The molecule has 1 N–H and O–H groups in total. The van der Waals surface area contributed by atoms with Crippen LogP contribution in [0.4, 0.5) is 5.69 Å². The number of benzene rings is 3. The van der Waals surface area contributed by atoms with Crippen LogP contribution in [0.25, 0.3) is 0 Å². The summed E-state index contributed by atoms with van der Waals surface area (Å²) in [4.78, 5) is 2.53. The lowest BCUT2D eigenvalue weighted by atomic mass is 9.98. The molecular formula is C25H27ClN2O2S. The van der Waals surface area contributed by atoms with E-state index in [-0.39, 0.29) is 6.04 Å². The summed E-state index contributed by atoms with van der Waals surface area (Å²) in [7, 11) is -3.61. The summed E-state index contributed by atoms with van der Waals surface area (Å²) in [5, 5.41) is 0.661. The van der Waals surface area contributed by atoms with Crippen LogP contribution in [0.5, 0.6) is 0 Å². The number of fused-ring (bicyclic) bond motifs is 1. The second-order valence-electron chi connectivity index (χ2n) is 8.06. The second-order valence-corrected chi connectivity index (χ2v) is 10.2. The fourth-order valence-corrected chi connectivity index (χ4v) is 5.59. The van der Waals surface area contributed by atoms with Crippen LogP contribution in [-0.4, -0.2) is 21.0 Å². The highest BCUT2D eigenvalue weighted by Gasteiger charge is 2.28. The number of rotatable bonds is 7. The van der Waals surface area contributed by atoms with Gasteiger partial charge >= 0.3 is 0 Å². The third kappa shape index (κ3) is 5.29. The molecule has 1 aliphatic rings. The number of hydrogen-bond donors (Lipinski definition) is 1. The summed E-state index contributed by atoms with van der Waals surface area (Å²) >= 11 is 6.24. The molecule has 1 heterocycles. The Hall–Kier alpha value is -2.34. The molecule has 0 saturated carbocycles. The Morgan fingerprint density at radius 2 is 1.74 bits per heavy atom. The zero-order valence-electron chi connectivity index (χ0n) is 17.6. The highest BCUT2D eigenvalue weighted by atomic mass is 35.5. The molecule has 31 heavy (non-hydrogen) atoms. The number of anilines is 1. The van der Waals surface area contributed by atoms with Gasteiger partial charge in [0, 0.05) is 29.8 Å². The van der Waals surface area contributed by atoms with Crippen molar-refractivity contribution >= 4 is 27.3 Å². The molecule has 4 rings (SSSR count). The Bertz CT molecular complexity index is 1130. The number of hydrogen-bond acceptors (Lipinski definition) is 3. The van der Waals surface area contributed by atoms with E-state index in [0.29, 0.717) is 29.4 Å². The van der Waals surface area contributed by atoms with Crippen molar-refractivity contribution in [2.24, 2.45) is 0 Å². The van der Waals surface area contributed by atoms with E-state index in [0.717, 1.165) is 29.7 Å². The molecule has 6 heteroatoms. The van der Waals surface area contributed by atoms with Crippen molar-refractivity contribution in [2.45, 2.75) is 43.7 Å². The average molecular weight is 455 g/mol. The molecule has 3 aromatic carbocycles. The maximum absolute atomic E-state index is 13.1. The summed E-state index contributed by atoms with van der Waals surface area (Å²) < 4.78 is 29.0. The lowest BCUT2D eigenvalue weighted by molar-refractivity contribution is 0.524. The van der Waals surface area contributed by atoms with Gasteiger partial charge in [0.15, 0.2) is 0 Å². The minimum Gasteiger partial charge on any atom is -0.365 e. The molecule has 0 aliphatic carbocycles. The molecule has 1 atom stereocenters. The van der Waals surface area contributed by atoms with Gasteiger partial charge in [-0.25, -0.2) is 13.1 Å². The Labute approximate surface area is 189 Å². The van der Waals surface area contributed by atoms with Crippen LogP contribution in [-0.2, 0) is 29.4 Å². The quantitative estimate of drug-likeness (QED) is 0.533. The molecule has 4 nitrogen and oxygen atoms in total. The summed E-state index contributed by atoms with van der Waals surface area (Å²) in [6, 6.07) is 23.0. The molecular weight excluding hydrogens is 428 g/mol. The molecule has 0 bridgehead atoms. The van der Waals surface area contributed by atoms with Crippen LogP contribution >= 0.6 is 11.6 Å². The SMILES string of the molecule is CCCc1ccc(S(=O)(=O)NC2Cc3cc(Cl)ccc3N(Cc3ccccc3)C2)cc1. The van der Waals surface area contributed by atoms with E-state index in [2.05, 4.69) is 28.7 Å². The Kier molecular flexibility index (Phi) is 6.65. The summed E-state index contributed by atoms with van der Waals surface area (Å²) in [6.07, 6.45) is 2.59. The smallest absolute Gasteiger partial charge is 0.240 e. The molecule has 0 amide bonds.